The van der Waals surface area contributed by atoms with Gasteiger partial charge in [0, 0.05) is 10.6 Å². The lowest BCUT2D eigenvalue weighted by Gasteiger charge is -2.44. The van der Waals surface area contributed by atoms with E-state index in [4.69, 9.17) is 21.1 Å². The number of methoxy groups -OCH3 is 1. The maximum atomic E-state index is 13.6. The zero-order valence-corrected chi connectivity index (χ0v) is 17.8. The molecule has 0 saturated carbocycles. The molecule has 0 aromatic heterocycles. The van der Waals surface area contributed by atoms with E-state index in [1.165, 1.54) is 30.6 Å². The van der Waals surface area contributed by atoms with Crippen molar-refractivity contribution in [2.45, 2.75) is 31.5 Å². The Kier molecular flexibility index (Phi) is 6.56. The summed E-state index contributed by atoms with van der Waals surface area (Å²) in [7, 11) is 1.33. The largest absolute Gasteiger partial charge is 0.493 e. The van der Waals surface area contributed by atoms with Crippen LogP contribution in [0.2, 0.25) is 5.02 Å². The van der Waals surface area contributed by atoms with Crippen molar-refractivity contribution in [3.8, 4) is 11.5 Å². The summed E-state index contributed by atoms with van der Waals surface area (Å²) in [6, 6.07) is 8.43. The highest BCUT2D eigenvalue weighted by atomic mass is 35.5. The summed E-state index contributed by atoms with van der Waals surface area (Å²) in [4.78, 5) is 24.1. The van der Waals surface area contributed by atoms with Gasteiger partial charge in [-0.1, -0.05) is 35.9 Å². The Bertz CT molecular complexity index is 1030. The highest BCUT2D eigenvalue weighted by Gasteiger charge is 2.65. The van der Waals surface area contributed by atoms with Gasteiger partial charge in [-0.2, -0.15) is 13.2 Å². The number of benzene rings is 2. The predicted octanol–water partition coefficient (Wildman–Crippen LogP) is 3.74. The van der Waals surface area contributed by atoms with Gasteiger partial charge < -0.3 is 25.2 Å². The monoisotopic (exact) mass is 472 g/mol. The smallest absolute Gasteiger partial charge is 0.437 e. The molecule has 32 heavy (non-hydrogen) atoms. The fraction of sp³-hybridized carbons (Fsp3) is 0.333. The lowest BCUT2D eigenvalue weighted by atomic mass is 9.79. The number of hydrogen-bond donors (Lipinski definition) is 3. The average Bonchev–Trinajstić information content (AvgIpc) is 2.71. The summed E-state index contributed by atoms with van der Waals surface area (Å²) < 4.78 is 51.8. The molecule has 0 unspecified atom stereocenters. The van der Waals surface area contributed by atoms with E-state index < -0.39 is 35.7 Å². The van der Waals surface area contributed by atoms with Gasteiger partial charge >= 0.3 is 12.2 Å². The van der Waals surface area contributed by atoms with Crippen LogP contribution >= 0.6 is 11.6 Å². The van der Waals surface area contributed by atoms with Crippen LogP contribution in [-0.2, 0) is 11.4 Å². The lowest BCUT2D eigenvalue weighted by molar-refractivity contribution is -0.290. The predicted molar refractivity (Wildman–Crippen MR) is 108 cm³/mol. The number of amides is 2. The minimum Gasteiger partial charge on any atom is -0.493 e. The first-order valence-corrected chi connectivity index (χ1v) is 9.78. The van der Waals surface area contributed by atoms with Crippen molar-refractivity contribution in [2.24, 2.45) is 5.92 Å². The van der Waals surface area contributed by atoms with Gasteiger partial charge in [-0.3, -0.25) is 4.79 Å². The summed E-state index contributed by atoms with van der Waals surface area (Å²) >= 11 is 6.11. The van der Waals surface area contributed by atoms with E-state index in [1.807, 2.05) is 0 Å². The normalized spacial score (nSPS) is 23.2. The van der Waals surface area contributed by atoms with Crippen LogP contribution < -0.4 is 20.1 Å². The van der Waals surface area contributed by atoms with Crippen molar-refractivity contribution >= 4 is 23.4 Å². The molecule has 3 atom stereocenters. The Hall–Kier alpha value is -2.98. The molecule has 172 valence electrons. The molecule has 7 nitrogen and oxygen atoms in total. The summed E-state index contributed by atoms with van der Waals surface area (Å²) in [6.07, 6.45) is -5.29. The highest BCUT2D eigenvalue weighted by molar-refractivity contribution is 6.31. The van der Waals surface area contributed by atoms with Gasteiger partial charge in [-0.05, 0) is 30.7 Å². The minimum atomic E-state index is -5.29. The second-order valence-corrected chi connectivity index (χ2v) is 7.63. The van der Waals surface area contributed by atoms with E-state index in [1.54, 1.807) is 24.3 Å². The zero-order valence-electron chi connectivity index (χ0n) is 17.0. The van der Waals surface area contributed by atoms with Crippen LogP contribution in [0.5, 0.6) is 11.5 Å². The third-order valence-corrected chi connectivity index (χ3v) is 5.50. The molecule has 0 radical (unpaired) electrons. The topological polar surface area (TPSA) is 96.9 Å². The first-order valence-electron chi connectivity index (χ1n) is 9.40. The summed E-state index contributed by atoms with van der Waals surface area (Å²) in [5, 5.41) is 14.5. The maximum Gasteiger partial charge on any atom is 0.437 e. The van der Waals surface area contributed by atoms with Gasteiger partial charge in [0.1, 0.15) is 12.4 Å². The van der Waals surface area contributed by atoms with E-state index in [-0.39, 0.29) is 23.7 Å². The fourth-order valence-corrected chi connectivity index (χ4v) is 3.76. The van der Waals surface area contributed by atoms with Crippen molar-refractivity contribution in [1.29, 1.82) is 0 Å². The van der Waals surface area contributed by atoms with E-state index in [0.29, 0.717) is 10.6 Å². The number of nitrogens with one attached hydrogen (secondary N) is 2. The summed E-state index contributed by atoms with van der Waals surface area (Å²) in [5.74, 6) is -2.60. The number of aliphatic hydroxyl groups is 1. The molecule has 0 spiro atoms. The van der Waals surface area contributed by atoms with Crippen LogP contribution in [0.4, 0.5) is 18.0 Å². The molecule has 1 aliphatic rings. The molecule has 1 saturated heterocycles. The van der Waals surface area contributed by atoms with Crippen molar-refractivity contribution < 1.29 is 37.3 Å². The standard InChI is InChI=1S/C21H20ClF3N2O5/c1-11(28)17-18(26-19(29)27-20(17,30)21(23,24)25)12-7-8-15(16(9-12)31-2)32-10-13-5-3-4-6-14(13)22/h3-9,17-18,30H,10H2,1-2H3,(H2,26,27,29)/t17-,18-,20-/m1/s1. The van der Waals surface area contributed by atoms with E-state index in [9.17, 15) is 27.9 Å². The molecule has 2 aromatic rings. The van der Waals surface area contributed by atoms with Crippen molar-refractivity contribution in [3.63, 3.8) is 0 Å². The van der Waals surface area contributed by atoms with Crippen LogP contribution in [0, 0.1) is 5.92 Å². The van der Waals surface area contributed by atoms with Gasteiger partial charge in [0.15, 0.2) is 11.5 Å². The number of rotatable bonds is 6. The first kappa shape index (κ1) is 23.7. The second kappa shape index (κ2) is 8.87. The number of ketones is 1. The molecule has 2 amide bonds. The molecular formula is C21H20ClF3N2O5. The van der Waals surface area contributed by atoms with Crippen LogP contribution in [0.25, 0.3) is 0 Å². The second-order valence-electron chi connectivity index (χ2n) is 7.22. The fourth-order valence-electron chi connectivity index (χ4n) is 3.57. The summed E-state index contributed by atoms with van der Waals surface area (Å²) in [5.41, 5.74) is -2.92. The number of carbonyl (C=O) groups is 2. The molecule has 0 bridgehead atoms. The minimum absolute atomic E-state index is 0.101. The lowest BCUT2D eigenvalue weighted by Crippen LogP contribution is -2.72. The Morgan fingerprint density at radius 1 is 1.22 bits per heavy atom. The zero-order chi connectivity index (χ0) is 23.7. The molecule has 2 aromatic carbocycles. The number of urea groups is 1. The van der Waals surface area contributed by atoms with Gasteiger partial charge in [0.2, 0.25) is 5.72 Å². The van der Waals surface area contributed by atoms with E-state index in [2.05, 4.69) is 5.32 Å². The van der Waals surface area contributed by atoms with Crippen molar-refractivity contribution in [3.05, 3.63) is 58.6 Å². The Labute approximate surface area is 186 Å². The molecule has 1 heterocycles. The molecule has 1 fully saturated rings. The molecular weight excluding hydrogens is 453 g/mol. The van der Waals surface area contributed by atoms with Gasteiger partial charge in [-0.15, -0.1) is 0 Å². The molecule has 3 N–H and O–H groups in total. The van der Waals surface area contributed by atoms with Gasteiger partial charge in [-0.25, -0.2) is 4.79 Å². The highest BCUT2D eigenvalue weighted by Crippen LogP contribution is 2.44. The number of halogens is 4. The SMILES string of the molecule is COc1cc([C@H]2NC(=O)N[C@](O)(C(F)(F)F)[C@@H]2C(C)=O)ccc1OCc1ccccc1Cl. The number of alkyl halides is 3. The quantitative estimate of drug-likeness (QED) is 0.595. The first-order chi connectivity index (χ1) is 15.0. The molecule has 0 aliphatic carbocycles. The van der Waals surface area contributed by atoms with Crippen LogP contribution in [-0.4, -0.2) is 35.9 Å². The Morgan fingerprint density at radius 2 is 1.91 bits per heavy atom. The average molecular weight is 473 g/mol. The summed E-state index contributed by atoms with van der Waals surface area (Å²) in [6.45, 7) is 1.01. The molecule has 11 heteroatoms. The number of Topliss-reactive ketones (excluding diaryl/α,β-unsaturated/α-hetero) is 1. The maximum absolute atomic E-state index is 13.6. The number of carbonyl (C=O) groups excluding carboxylic acids is 2. The van der Waals surface area contributed by atoms with Gasteiger partial charge in [0.05, 0.1) is 19.1 Å². The van der Waals surface area contributed by atoms with Crippen LogP contribution in [0.3, 0.4) is 0 Å². The van der Waals surface area contributed by atoms with Gasteiger partial charge in [0.25, 0.3) is 0 Å². The molecule has 1 aliphatic heterocycles. The number of ether oxygens (including phenoxy) is 2. The van der Waals surface area contributed by atoms with E-state index >= 15 is 0 Å². The van der Waals surface area contributed by atoms with Crippen LogP contribution in [0.1, 0.15) is 24.1 Å². The molecule has 3 rings (SSSR count). The third-order valence-electron chi connectivity index (χ3n) is 5.13. The van der Waals surface area contributed by atoms with Crippen LogP contribution in [0.15, 0.2) is 42.5 Å². The Balaban J connectivity index is 1.94. The number of hydrogen-bond acceptors (Lipinski definition) is 5. The third kappa shape index (κ3) is 4.46. The van der Waals surface area contributed by atoms with Crippen molar-refractivity contribution in [2.75, 3.05) is 7.11 Å². The Morgan fingerprint density at radius 3 is 2.50 bits per heavy atom. The van der Waals surface area contributed by atoms with Crippen molar-refractivity contribution in [1.82, 2.24) is 10.6 Å². The van der Waals surface area contributed by atoms with E-state index in [0.717, 1.165) is 6.92 Å².